The first-order valence-electron chi connectivity index (χ1n) is 18.8. The smallest absolute Gasteiger partial charge is 0.135 e. The lowest BCUT2D eigenvalue weighted by Gasteiger charge is -2.13. The van der Waals surface area contributed by atoms with Gasteiger partial charge in [-0.25, -0.2) is 0 Å². The van der Waals surface area contributed by atoms with E-state index in [1.807, 2.05) is 26.0 Å². The summed E-state index contributed by atoms with van der Waals surface area (Å²) in [6, 6.07) is 63.6. The van der Waals surface area contributed by atoms with E-state index in [4.69, 9.17) is 4.42 Å². The minimum absolute atomic E-state index is 0.899. The standard InChI is InChI=1S/C48H29N3O.C2H6/c1-6-19-40-33(14-1)34-15-2-7-20-41(34)49(40)30-12-11-13-31(28-30)50-43-22-9-4-18-38(43)47-44(50)26-25-37-35-16-3-8-21-42(35)51(48(37)47)32-24-27-46-39(29-32)36-17-5-10-23-45(36)52-46;1-2/h1-29H;1-2H3. The third-order valence-electron chi connectivity index (χ3n) is 11.0. The minimum Gasteiger partial charge on any atom is -0.456 e. The molecule has 0 saturated heterocycles. The van der Waals surface area contributed by atoms with Crippen LogP contribution in [-0.2, 0) is 0 Å². The number of nitrogens with zero attached hydrogens (tertiary/aromatic N) is 3. The molecule has 0 aliphatic heterocycles. The van der Waals surface area contributed by atoms with Crippen LogP contribution in [-0.4, -0.2) is 13.7 Å². The lowest BCUT2D eigenvalue weighted by atomic mass is 10.1. The molecule has 0 atom stereocenters. The van der Waals surface area contributed by atoms with Crippen LogP contribution in [0.2, 0.25) is 0 Å². The second kappa shape index (κ2) is 11.7. The summed E-state index contributed by atoms with van der Waals surface area (Å²) in [5.74, 6) is 0. The Balaban J connectivity index is 0.00000168. The van der Waals surface area contributed by atoms with Crippen molar-refractivity contribution in [2.24, 2.45) is 0 Å². The van der Waals surface area contributed by atoms with Gasteiger partial charge < -0.3 is 18.1 Å². The lowest BCUT2D eigenvalue weighted by molar-refractivity contribution is 0.669. The van der Waals surface area contributed by atoms with Gasteiger partial charge in [-0.05, 0) is 72.8 Å². The van der Waals surface area contributed by atoms with Crippen molar-refractivity contribution in [2.75, 3.05) is 0 Å². The molecule has 0 spiro atoms. The Labute approximate surface area is 311 Å². The van der Waals surface area contributed by atoms with Crippen LogP contribution in [0.25, 0.3) is 104 Å². The van der Waals surface area contributed by atoms with Crippen molar-refractivity contribution >= 4 is 87.4 Å². The van der Waals surface area contributed by atoms with Crippen LogP contribution in [0.4, 0.5) is 0 Å². The summed E-state index contributed by atoms with van der Waals surface area (Å²) in [6.45, 7) is 4.00. The number of rotatable bonds is 3. The van der Waals surface area contributed by atoms with Crippen molar-refractivity contribution in [3.63, 3.8) is 0 Å². The molecule has 0 N–H and O–H groups in total. The van der Waals surface area contributed by atoms with Gasteiger partial charge in [0, 0.05) is 60.2 Å². The van der Waals surface area contributed by atoms with E-state index in [0.717, 1.165) is 39.0 Å². The van der Waals surface area contributed by atoms with Gasteiger partial charge in [0.05, 0.1) is 33.1 Å². The van der Waals surface area contributed by atoms with Gasteiger partial charge in [-0.2, -0.15) is 0 Å². The molecule has 0 unspecified atom stereocenters. The normalized spacial score (nSPS) is 11.9. The van der Waals surface area contributed by atoms with E-state index in [-0.39, 0.29) is 0 Å². The van der Waals surface area contributed by atoms with E-state index in [2.05, 4.69) is 177 Å². The summed E-state index contributed by atoms with van der Waals surface area (Å²) >= 11 is 0. The molecule has 12 aromatic rings. The van der Waals surface area contributed by atoms with Crippen LogP contribution in [0, 0.1) is 0 Å². The first kappa shape index (κ1) is 30.6. The molecule has 0 bridgehead atoms. The van der Waals surface area contributed by atoms with Gasteiger partial charge >= 0.3 is 0 Å². The van der Waals surface area contributed by atoms with Crippen LogP contribution in [0.15, 0.2) is 180 Å². The number of furan rings is 1. The third-order valence-corrected chi connectivity index (χ3v) is 11.0. The molecular weight excluding hydrogens is 659 g/mol. The third kappa shape index (κ3) is 4.19. The second-order valence-corrected chi connectivity index (χ2v) is 13.7. The topological polar surface area (TPSA) is 27.9 Å². The van der Waals surface area contributed by atoms with Crippen LogP contribution >= 0.6 is 0 Å². The molecule has 8 aromatic carbocycles. The lowest BCUT2D eigenvalue weighted by Crippen LogP contribution is -1.98. The average molecular weight is 694 g/mol. The monoisotopic (exact) mass is 693 g/mol. The maximum atomic E-state index is 6.25. The van der Waals surface area contributed by atoms with Crippen LogP contribution in [0.1, 0.15) is 13.8 Å². The Morgan fingerprint density at radius 3 is 1.46 bits per heavy atom. The highest BCUT2D eigenvalue weighted by Crippen LogP contribution is 2.43. The Bertz CT molecular complexity index is 3370. The molecule has 12 rings (SSSR count). The predicted molar refractivity (Wildman–Crippen MR) is 228 cm³/mol. The zero-order valence-corrected chi connectivity index (χ0v) is 30.0. The van der Waals surface area contributed by atoms with Gasteiger partial charge in [-0.15, -0.1) is 0 Å². The van der Waals surface area contributed by atoms with E-state index in [1.165, 1.54) is 65.4 Å². The van der Waals surface area contributed by atoms with Crippen molar-refractivity contribution in [3.05, 3.63) is 176 Å². The van der Waals surface area contributed by atoms with Crippen LogP contribution < -0.4 is 0 Å². The molecule has 256 valence electrons. The van der Waals surface area contributed by atoms with Crippen molar-refractivity contribution in [1.82, 2.24) is 13.7 Å². The second-order valence-electron chi connectivity index (χ2n) is 13.7. The molecule has 54 heavy (non-hydrogen) atoms. The summed E-state index contributed by atoms with van der Waals surface area (Å²) in [4.78, 5) is 0. The molecule has 0 amide bonds. The predicted octanol–water partition coefficient (Wildman–Crippen LogP) is 13.9. The number of hydrogen-bond donors (Lipinski definition) is 0. The van der Waals surface area contributed by atoms with Gasteiger partial charge in [0.25, 0.3) is 0 Å². The van der Waals surface area contributed by atoms with E-state index in [1.54, 1.807) is 0 Å². The number of fused-ring (bicyclic) bond motifs is 13. The van der Waals surface area contributed by atoms with Crippen molar-refractivity contribution < 1.29 is 4.42 Å². The molecule has 4 nitrogen and oxygen atoms in total. The summed E-state index contributed by atoms with van der Waals surface area (Å²) in [5.41, 5.74) is 12.3. The van der Waals surface area contributed by atoms with E-state index < -0.39 is 0 Å². The largest absolute Gasteiger partial charge is 0.456 e. The fraction of sp³-hybridized carbons (Fsp3) is 0.0400. The molecule has 4 heterocycles. The molecule has 0 aliphatic carbocycles. The number of para-hydroxylation sites is 5. The maximum Gasteiger partial charge on any atom is 0.135 e. The van der Waals surface area contributed by atoms with E-state index in [9.17, 15) is 0 Å². The van der Waals surface area contributed by atoms with Gasteiger partial charge in [-0.1, -0.05) is 117 Å². The molecule has 0 saturated carbocycles. The Morgan fingerprint density at radius 1 is 0.315 bits per heavy atom. The van der Waals surface area contributed by atoms with Gasteiger partial charge in [0.15, 0.2) is 0 Å². The Hall–Kier alpha value is -7.04. The zero-order valence-electron chi connectivity index (χ0n) is 30.0. The average Bonchev–Trinajstić information content (AvgIpc) is 3.98. The SMILES string of the molecule is CC.c1cc(-n2c3ccccc3c3ccccc32)cc(-n2c3ccccc3c3c2ccc2c4ccccc4n(-c4ccc5oc6ccccc6c5c4)c23)c1. The molecule has 4 heteroatoms. The zero-order chi connectivity index (χ0) is 35.9. The van der Waals surface area contributed by atoms with Gasteiger partial charge in [0.2, 0.25) is 0 Å². The summed E-state index contributed by atoms with van der Waals surface area (Å²) in [5, 5.41) is 9.71. The van der Waals surface area contributed by atoms with Crippen molar-refractivity contribution in [3.8, 4) is 17.1 Å². The summed E-state index contributed by atoms with van der Waals surface area (Å²) < 4.78 is 13.5. The Morgan fingerprint density at radius 2 is 0.796 bits per heavy atom. The molecule has 4 aromatic heterocycles. The highest BCUT2D eigenvalue weighted by atomic mass is 16.3. The fourth-order valence-electron chi connectivity index (χ4n) is 8.88. The molecule has 0 fully saturated rings. The van der Waals surface area contributed by atoms with Crippen LogP contribution in [0.5, 0.6) is 0 Å². The number of benzene rings is 8. The van der Waals surface area contributed by atoms with E-state index >= 15 is 0 Å². The van der Waals surface area contributed by atoms with Gasteiger partial charge in [0.1, 0.15) is 11.2 Å². The van der Waals surface area contributed by atoms with E-state index in [0.29, 0.717) is 0 Å². The molecule has 0 radical (unpaired) electrons. The number of aromatic nitrogens is 3. The quantitative estimate of drug-likeness (QED) is 0.181. The first-order chi connectivity index (χ1) is 26.8. The molecular formula is C50H35N3O. The maximum absolute atomic E-state index is 6.25. The Kier molecular flexibility index (Phi) is 6.65. The summed E-state index contributed by atoms with van der Waals surface area (Å²) in [6.07, 6.45) is 0. The fourth-order valence-corrected chi connectivity index (χ4v) is 8.88. The number of hydrogen-bond acceptors (Lipinski definition) is 1. The van der Waals surface area contributed by atoms with Crippen molar-refractivity contribution in [2.45, 2.75) is 13.8 Å². The minimum atomic E-state index is 0.899. The van der Waals surface area contributed by atoms with Gasteiger partial charge in [-0.3, -0.25) is 0 Å². The first-order valence-corrected chi connectivity index (χ1v) is 18.8. The molecule has 0 aliphatic rings. The van der Waals surface area contributed by atoms with Crippen LogP contribution in [0.3, 0.4) is 0 Å². The highest BCUT2D eigenvalue weighted by Gasteiger charge is 2.22. The summed E-state index contributed by atoms with van der Waals surface area (Å²) in [7, 11) is 0. The highest BCUT2D eigenvalue weighted by molar-refractivity contribution is 6.26. The van der Waals surface area contributed by atoms with Crippen molar-refractivity contribution in [1.29, 1.82) is 0 Å².